The molecule has 1 fully saturated rings. The third-order valence-corrected chi connectivity index (χ3v) is 7.25. The van der Waals surface area contributed by atoms with E-state index in [1.54, 1.807) is 34.1 Å². The van der Waals surface area contributed by atoms with Crippen molar-refractivity contribution in [1.82, 2.24) is 0 Å². The van der Waals surface area contributed by atoms with E-state index in [0.29, 0.717) is 17.3 Å². The SMILES string of the molecule is Cc1ccc(CN2C(=O)[C@@]3(SCC(=O)N3c3ccc(Cl)cc3)c3ccccc32)cc1. The highest BCUT2D eigenvalue weighted by atomic mass is 35.5. The molecule has 0 aromatic heterocycles. The number of para-hydroxylation sites is 1. The Morgan fingerprint density at radius 1 is 0.967 bits per heavy atom. The summed E-state index contributed by atoms with van der Waals surface area (Å²) in [4.78, 5) is 29.3. The Morgan fingerprint density at radius 2 is 1.67 bits per heavy atom. The lowest BCUT2D eigenvalue weighted by Crippen LogP contribution is -2.49. The zero-order chi connectivity index (χ0) is 20.9. The maximum absolute atomic E-state index is 13.9. The van der Waals surface area contributed by atoms with E-state index in [-0.39, 0.29) is 17.6 Å². The van der Waals surface area contributed by atoms with Crippen LogP contribution in [0.4, 0.5) is 11.4 Å². The van der Waals surface area contributed by atoms with Crippen molar-refractivity contribution in [3.63, 3.8) is 0 Å². The molecular weight excluding hydrogens is 416 g/mol. The van der Waals surface area contributed by atoms with Crippen LogP contribution in [-0.4, -0.2) is 17.6 Å². The van der Waals surface area contributed by atoms with Gasteiger partial charge < -0.3 is 4.90 Å². The molecule has 0 bridgehead atoms. The van der Waals surface area contributed by atoms with Crippen molar-refractivity contribution in [1.29, 1.82) is 0 Å². The quantitative estimate of drug-likeness (QED) is 0.574. The Balaban J connectivity index is 1.62. The maximum atomic E-state index is 13.9. The van der Waals surface area contributed by atoms with Crippen LogP contribution in [0.2, 0.25) is 5.02 Å². The predicted octanol–water partition coefficient (Wildman–Crippen LogP) is 5.13. The summed E-state index contributed by atoms with van der Waals surface area (Å²) in [6, 6.07) is 23.0. The van der Waals surface area contributed by atoms with Gasteiger partial charge in [0.15, 0.2) is 0 Å². The molecule has 3 aromatic rings. The summed E-state index contributed by atoms with van der Waals surface area (Å²) in [5.74, 6) is 0.0823. The minimum Gasteiger partial charge on any atom is -0.304 e. The van der Waals surface area contributed by atoms with Crippen LogP contribution in [0.5, 0.6) is 0 Å². The lowest BCUT2D eigenvalue weighted by Gasteiger charge is -2.33. The first-order chi connectivity index (χ1) is 14.5. The summed E-state index contributed by atoms with van der Waals surface area (Å²) < 4.78 is 0. The van der Waals surface area contributed by atoms with Gasteiger partial charge in [0.05, 0.1) is 18.0 Å². The van der Waals surface area contributed by atoms with Crippen molar-refractivity contribution >= 4 is 46.6 Å². The second-order valence-corrected chi connectivity index (χ2v) is 9.14. The summed E-state index contributed by atoms with van der Waals surface area (Å²) >= 11 is 7.44. The van der Waals surface area contributed by atoms with Gasteiger partial charge in [0.2, 0.25) is 10.8 Å². The molecule has 4 nitrogen and oxygen atoms in total. The molecule has 0 aliphatic carbocycles. The Bertz CT molecular complexity index is 1150. The lowest BCUT2D eigenvalue weighted by molar-refractivity contribution is -0.123. The minimum absolute atomic E-state index is 0.0809. The summed E-state index contributed by atoms with van der Waals surface area (Å²) in [5.41, 5.74) is 4.61. The van der Waals surface area contributed by atoms with Gasteiger partial charge in [-0.2, -0.15) is 0 Å². The van der Waals surface area contributed by atoms with Crippen LogP contribution in [0, 0.1) is 6.92 Å². The lowest BCUT2D eigenvalue weighted by atomic mass is 10.0. The van der Waals surface area contributed by atoms with Gasteiger partial charge in [0, 0.05) is 16.3 Å². The van der Waals surface area contributed by atoms with E-state index in [1.807, 2.05) is 55.5 Å². The van der Waals surface area contributed by atoms with Gasteiger partial charge in [0.1, 0.15) is 0 Å². The van der Waals surface area contributed by atoms with E-state index in [9.17, 15) is 9.59 Å². The van der Waals surface area contributed by atoms with E-state index in [0.717, 1.165) is 16.8 Å². The van der Waals surface area contributed by atoms with Crippen LogP contribution in [-0.2, 0) is 21.0 Å². The molecule has 0 N–H and O–H groups in total. The summed E-state index contributed by atoms with van der Waals surface area (Å²) in [5, 5.41) is 0.589. The third kappa shape index (κ3) is 2.84. The fraction of sp³-hybridized carbons (Fsp3) is 0.167. The first kappa shape index (κ1) is 19.2. The van der Waals surface area contributed by atoms with Gasteiger partial charge in [-0.05, 0) is 42.8 Å². The zero-order valence-corrected chi connectivity index (χ0v) is 17.9. The smallest absolute Gasteiger partial charge is 0.269 e. The molecule has 3 aromatic carbocycles. The topological polar surface area (TPSA) is 40.6 Å². The van der Waals surface area contributed by atoms with Crippen LogP contribution in [0.3, 0.4) is 0 Å². The highest BCUT2D eigenvalue weighted by Crippen LogP contribution is 2.55. The maximum Gasteiger partial charge on any atom is 0.269 e. The molecule has 1 saturated heterocycles. The van der Waals surface area contributed by atoms with Gasteiger partial charge in [-0.3, -0.25) is 14.5 Å². The predicted molar refractivity (Wildman–Crippen MR) is 122 cm³/mol. The van der Waals surface area contributed by atoms with Gasteiger partial charge in [-0.1, -0.05) is 59.6 Å². The molecule has 0 saturated carbocycles. The first-order valence-electron chi connectivity index (χ1n) is 9.70. The van der Waals surface area contributed by atoms with E-state index in [4.69, 9.17) is 11.6 Å². The molecule has 0 unspecified atom stereocenters. The van der Waals surface area contributed by atoms with Crippen molar-refractivity contribution in [2.75, 3.05) is 15.6 Å². The molecule has 2 amide bonds. The average Bonchev–Trinajstić information content (AvgIpc) is 3.22. The molecular formula is C24H19ClN2O2S. The van der Waals surface area contributed by atoms with Gasteiger partial charge in [-0.15, -0.1) is 11.8 Å². The Hall–Kier alpha value is -2.76. The number of anilines is 2. The fourth-order valence-electron chi connectivity index (χ4n) is 4.18. The van der Waals surface area contributed by atoms with Gasteiger partial charge in [-0.25, -0.2) is 0 Å². The number of halogens is 1. The minimum atomic E-state index is -1.09. The molecule has 2 aliphatic heterocycles. The number of carbonyl (C=O) groups excluding carboxylic acids is 2. The summed E-state index contributed by atoms with van der Waals surface area (Å²) in [7, 11) is 0. The normalized spacial score (nSPS) is 20.3. The molecule has 150 valence electrons. The van der Waals surface area contributed by atoms with Crippen molar-refractivity contribution in [3.05, 3.63) is 94.5 Å². The zero-order valence-electron chi connectivity index (χ0n) is 16.3. The highest BCUT2D eigenvalue weighted by molar-refractivity contribution is 8.02. The standard InChI is InChI=1S/C24H19ClN2O2S/c1-16-6-8-17(9-7-16)14-26-21-5-3-2-4-20(21)24(23(26)29)27(22(28)15-30-24)19-12-10-18(25)11-13-19/h2-13H,14-15H2,1H3/t24-/m0/s1. The van der Waals surface area contributed by atoms with Crippen LogP contribution < -0.4 is 9.80 Å². The molecule has 2 aliphatic rings. The van der Waals surface area contributed by atoms with Gasteiger partial charge in [0.25, 0.3) is 5.91 Å². The molecule has 0 radical (unpaired) electrons. The van der Waals surface area contributed by atoms with Crippen molar-refractivity contribution < 1.29 is 9.59 Å². The summed E-state index contributed by atoms with van der Waals surface area (Å²) in [6.07, 6.45) is 0. The van der Waals surface area contributed by atoms with Crippen molar-refractivity contribution in [2.45, 2.75) is 18.3 Å². The Kier molecular flexibility index (Phi) is 4.60. The molecule has 2 heterocycles. The van der Waals surface area contributed by atoms with Crippen LogP contribution in [0.15, 0.2) is 72.8 Å². The first-order valence-corrected chi connectivity index (χ1v) is 11.1. The molecule has 1 spiro atoms. The third-order valence-electron chi connectivity index (χ3n) is 5.61. The molecule has 1 atom stereocenters. The number of hydrogen-bond donors (Lipinski definition) is 0. The van der Waals surface area contributed by atoms with Crippen molar-refractivity contribution in [2.24, 2.45) is 0 Å². The largest absolute Gasteiger partial charge is 0.304 e. The number of nitrogens with zero attached hydrogens (tertiary/aromatic N) is 2. The number of amides is 2. The van der Waals surface area contributed by atoms with Crippen LogP contribution >= 0.6 is 23.4 Å². The fourth-order valence-corrected chi connectivity index (χ4v) is 5.66. The Morgan fingerprint density at radius 3 is 2.40 bits per heavy atom. The van der Waals surface area contributed by atoms with Gasteiger partial charge >= 0.3 is 0 Å². The van der Waals surface area contributed by atoms with Crippen LogP contribution in [0.25, 0.3) is 0 Å². The van der Waals surface area contributed by atoms with E-state index >= 15 is 0 Å². The number of benzene rings is 3. The monoisotopic (exact) mass is 434 g/mol. The average molecular weight is 435 g/mol. The Labute approximate surface area is 184 Å². The summed E-state index contributed by atoms with van der Waals surface area (Å²) in [6.45, 7) is 2.50. The van der Waals surface area contributed by atoms with Crippen LogP contribution in [0.1, 0.15) is 16.7 Å². The second-order valence-electron chi connectivity index (χ2n) is 7.53. The molecule has 5 rings (SSSR count). The highest BCUT2D eigenvalue weighted by Gasteiger charge is 2.60. The molecule has 30 heavy (non-hydrogen) atoms. The number of rotatable bonds is 3. The number of fused-ring (bicyclic) bond motifs is 2. The number of carbonyl (C=O) groups is 2. The second kappa shape index (κ2) is 7.18. The number of hydrogen-bond acceptors (Lipinski definition) is 3. The van der Waals surface area contributed by atoms with E-state index in [1.165, 1.54) is 17.3 Å². The van der Waals surface area contributed by atoms with Crippen molar-refractivity contribution in [3.8, 4) is 0 Å². The molecule has 6 heteroatoms. The number of aryl methyl sites for hydroxylation is 1. The number of thioether (sulfide) groups is 1. The van der Waals surface area contributed by atoms with E-state index < -0.39 is 4.87 Å². The van der Waals surface area contributed by atoms with E-state index in [2.05, 4.69) is 0 Å².